The first-order valence-electron chi connectivity index (χ1n) is 6.37. The molecule has 1 N–H and O–H groups in total. The van der Waals surface area contributed by atoms with Crippen LogP contribution in [0.15, 0.2) is 12.1 Å². The first kappa shape index (κ1) is 12.3. The molecule has 1 aliphatic rings. The minimum Gasteiger partial charge on any atom is -0.390 e. The third-order valence-electron chi connectivity index (χ3n) is 3.69. The SMILES string of the molecule is CC1CCCC(N(C)c2ccc(CO)nn2)C1. The van der Waals surface area contributed by atoms with Gasteiger partial charge in [-0.3, -0.25) is 0 Å². The van der Waals surface area contributed by atoms with Crippen molar-refractivity contribution in [1.82, 2.24) is 10.2 Å². The maximum Gasteiger partial charge on any atom is 0.151 e. The fourth-order valence-corrected chi connectivity index (χ4v) is 2.57. The molecule has 4 heteroatoms. The first-order chi connectivity index (χ1) is 8.20. The Labute approximate surface area is 103 Å². The quantitative estimate of drug-likeness (QED) is 0.870. The first-order valence-corrected chi connectivity index (χ1v) is 6.37. The van der Waals surface area contributed by atoms with Crippen molar-refractivity contribution >= 4 is 5.82 Å². The summed E-state index contributed by atoms with van der Waals surface area (Å²) in [4.78, 5) is 2.23. The van der Waals surface area contributed by atoms with Crippen molar-refractivity contribution in [2.75, 3.05) is 11.9 Å². The molecule has 1 fully saturated rings. The second-order valence-electron chi connectivity index (χ2n) is 5.08. The number of aliphatic hydroxyl groups excluding tert-OH is 1. The molecule has 17 heavy (non-hydrogen) atoms. The van der Waals surface area contributed by atoms with Crippen molar-refractivity contribution in [1.29, 1.82) is 0 Å². The number of rotatable bonds is 3. The molecule has 0 bridgehead atoms. The van der Waals surface area contributed by atoms with E-state index in [1.807, 2.05) is 12.1 Å². The highest BCUT2D eigenvalue weighted by atomic mass is 16.3. The van der Waals surface area contributed by atoms with Crippen molar-refractivity contribution in [3.63, 3.8) is 0 Å². The van der Waals surface area contributed by atoms with E-state index in [9.17, 15) is 0 Å². The van der Waals surface area contributed by atoms with Crippen LogP contribution in [0.1, 0.15) is 38.3 Å². The second kappa shape index (κ2) is 5.45. The van der Waals surface area contributed by atoms with Crippen LogP contribution >= 0.6 is 0 Å². The fraction of sp³-hybridized carbons (Fsp3) is 0.692. The van der Waals surface area contributed by atoms with E-state index in [1.54, 1.807) is 0 Å². The summed E-state index contributed by atoms with van der Waals surface area (Å²) in [7, 11) is 2.09. The average Bonchev–Trinajstić information content (AvgIpc) is 2.38. The summed E-state index contributed by atoms with van der Waals surface area (Å²) in [6.45, 7) is 2.28. The lowest BCUT2D eigenvalue weighted by Crippen LogP contribution is -2.36. The zero-order chi connectivity index (χ0) is 12.3. The summed E-state index contributed by atoms with van der Waals surface area (Å²) in [6.07, 6.45) is 5.13. The van der Waals surface area contributed by atoms with Crippen LogP contribution in [0.4, 0.5) is 5.82 Å². The molecule has 4 nitrogen and oxygen atoms in total. The molecule has 0 radical (unpaired) electrons. The minimum absolute atomic E-state index is 0.0442. The van der Waals surface area contributed by atoms with Crippen molar-refractivity contribution in [2.45, 2.75) is 45.3 Å². The highest BCUT2D eigenvalue weighted by Gasteiger charge is 2.23. The monoisotopic (exact) mass is 235 g/mol. The Kier molecular flexibility index (Phi) is 3.94. The molecule has 2 rings (SSSR count). The van der Waals surface area contributed by atoms with E-state index in [4.69, 9.17) is 5.11 Å². The van der Waals surface area contributed by atoms with E-state index in [2.05, 4.69) is 29.1 Å². The highest BCUT2D eigenvalue weighted by molar-refractivity contribution is 5.37. The Morgan fingerprint density at radius 3 is 2.76 bits per heavy atom. The van der Waals surface area contributed by atoms with Gasteiger partial charge in [0.05, 0.1) is 12.3 Å². The normalized spacial score (nSPS) is 24.6. The summed E-state index contributed by atoms with van der Waals surface area (Å²) in [5.74, 6) is 1.71. The lowest BCUT2D eigenvalue weighted by molar-refractivity contribution is 0.275. The van der Waals surface area contributed by atoms with Crippen LogP contribution in [0.3, 0.4) is 0 Å². The van der Waals surface area contributed by atoms with E-state index in [1.165, 1.54) is 25.7 Å². The van der Waals surface area contributed by atoms with Gasteiger partial charge in [0.2, 0.25) is 0 Å². The molecule has 1 aliphatic carbocycles. The van der Waals surface area contributed by atoms with Gasteiger partial charge in [0.15, 0.2) is 5.82 Å². The van der Waals surface area contributed by atoms with E-state index in [-0.39, 0.29) is 6.61 Å². The maximum absolute atomic E-state index is 8.93. The predicted octanol–water partition coefficient (Wildman–Crippen LogP) is 1.98. The van der Waals surface area contributed by atoms with Crippen LogP contribution < -0.4 is 4.90 Å². The number of aromatic nitrogens is 2. The molecule has 0 spiro atoms. The molecule has 0 saturated heterocycles. The predicted molar refractivity (Wildman–Crippen MR) is 67.8 cm³/mol. The van der Waals surface area contributed by atoms with Gasteiger partial charge in [0.25, 0.3) is 0 Å². The van der Waals surface area contributed by atoms with E-state index >= 15 is 0 Å². The molecule has 0 amide bonds. The number of nitrogens with zero attached hydrogens (tertiary/aromatic N) is 3. The van der Waals surface area contributed by atoms with Crippen molar-refractivity contribution < 1.29 is 5.11 Å². The van der Waals surface area contributed by atoms with Crippen LogP contribution in [0, 0.1) is 5.92 Å². The molecule has 0 aromatic carbocycles. The van der Waals surface area contributed by atoms with Gasteiger partial charge in [-0.25, -0.2) is 0 Å². The zero-order valence-electron chi connectivity index (χ0n) is 10.6. The molecule has 94 valence electrons. The van der Waals surface area contributed by atoms with Gasteiger partial charge in [0, 0.05) is 13.1 Å². The van der Waals surface area contributed by atoms with Crippen LogP contribution in [0.2, 0.25) is 0 Å². The van der Waals surface area contributed by atoms with Crippen LogP contribution in [0.25, 0.3) is 0 Å². The average molecular weight is 235 g/mol. The van der Waals surface area contributed by atoms with E-state index in [0.29, 0.717) is 11.7 Å². The second-order valence-corrected chi connectivity index (χ2v) is 5.08. The Morgan fingerprint density at radius 1 is 1.35 bits per heavy atom. The number of aliphatic hydroxyl groups is 1. The molecule has 0 aliphatic heterocycles. The van der Waals surface area contributed by atoms with E-state index < -0.39 is 0 Å². The molecule has 1 saturated carbocycles. The summed E-state index contributed by atoms with van der Waals surface area (Å²) >= 11 is 0. The third kappa shape index (κ3) is 2.94. The lowest BCUT2D eigenvalue weighted by Gasteiger charge is -2.34. The highest BCUT2D eigenvalue weighted by Crippen LogP contribution is 2.28. The van der Waals surface area contributed by atoms with Crippen LogP contribution in [0.5, 0.6) is 0 Å². The zero-order valence-corrected chi connectivity index (χ0v) is 10.6. The largest absolute Gasteiger partial charge is 0.390 e. The van der Waals surface area contributed by atoms with Gasteiger partial charge in [-0.1, -0.05) is 19.8 Å². The summed E-state index contributed by atoms with van der Waals surface area (Å²) in [5, 5.41) is 17.1. The third-order valence-corrected chi connectivity index (χ3v) is 3.69. The molecular weight excluding hydrogens is 214 g/mol. The molecular formula is C13H21N3O. The standard InChI is InChI=1S/C13H21N3O/c1-10-4-3-5-12(8-10)16(2)13-7-6-11(9-17)14-15-13/h6-7,10,12,17H,3-5,8-9H2,1-2H3. The van der Waals surface area contributed by atoms with Gasteiger partial charge in [-0.15, -0.1) is 5.10 Å². The van der Waals surface area contributed by atoms with Crippen molar-refractivity contribution in [2.24, 2.45) is 5.92 Å². The summed E-state index contributed by atoms with van der Waals surface area (Å²) in [6, 6.07) is 4.36. The van der Waals surface area contributed by atoms with Crippen LogP contribution in [-0.2, 0) is 6.61 Å². The fourth-order valence-electron chi connectivity index (χ4n) is 2.57. The van der Waals surface area contributed by atoms with Gasteiger partial charge < -0.3 is 10.0 Å². The maximum atomic E-state index is 8.93. The lowest BCUT2D eigenvalue weighted by atomic mass is 9.86. The Balaban J connectivity index is 2.04. The smallest absolute Gasteiger partial charge is 0.151 e. The van der Waals surface area contributed by atoms with Gasteiger partial charge in [-0.2, -0.15) is 5.10 Å². The molecule has 1 aromatic heterocycles. The summed E-state index contributed by atoms with van der Waals surface area (Å²) < 4.78 is 0. The van der Waals surface area contributed by atoms with Gasteiger partial charge in [-0.05, 0) is 30.9 Å². The molecule has 1 heterocycles. The summed E-state index contributed by atoms with van der Waals surface area (Å²) in [5.41, 5.74) is 0.624. The van der Waals surface area contributed by atoms with Crippen LogP contribution in [-0.4, -0.2) is 28.4 Å². The number of anilines is 1. The van der Waals surface area contributed by atoms with Gasteiger partial charge >= 0.3 is 0 Å². The minimum atomic E-state index is -0.0442. The molecule has 2 unspecified atom stereocenters. The molecule has 1 aromatic rings. The van der Waals surface area contributed by atoms with Crippen molar-refractivity contribution in [3.05, 3.63) is 17.8 Å². The van der Waals surface area contributed by atoms with Crippen molar-refractivity contribution in [3.8, 4) is 0 Å². The van der Waals surface area contributed by atoms with E-state index in [0.717, 1.165) is 11.7 Å². The number of hydrogen-bond donors (Lipinski definition) is 1. The topological polar surface area (TPSA) is 49.2 Å². The Hall–Kier alpha value is -1.16. The Morgan fingerprint density at radius 2 is 2.18 bits per heavy atom. The number of hydrogen-bond acceptors (Lipinski definition) is 4. The molecule has 2 atom stereocenters. The Bertz CT molecular complexity index is 352. The van der Waals surface area contributed by atoms with Gasteiger partial charge in [0.1, 0.15) is 0 Å².